The Morgan fingerprint density at radius 3 is 2.63 bits per heavy atom. The maximum Gasteiger partial charge on any atom is 0.356 e. The number of fused-ring (bicyclic) bond motifs is 1. The van der Waals surface area contributed by atoms with Gasteiger partial charge in [0.05, 0.1) is 13.3 Å². The molecule has 2 heterocycles. The van der Waals surface area contributed by atoms with Crippen molar-refractivity contribution in [2.45, 2.75) is 0 Å². The third kappa shape index (κ3) is 1.90. The number of aromatic amines is 1. The van der Waals surface area contributed by atoms with Crippen LogP contribution in [0.15, 0.2) is 30.5 Å². The number of carbonyl (C=O) groups is 1. The number of aromatic carboxylic acids is 1. The molecule has 0 aliphatic carbocycles. The molecule has 0 radical (unpaired) electrons. The zero-order valence-corrected chi connectivity index (χ0v) is 9.99. The minimum Gasteiger partial charge on any atom is -0.497 e. The van der Waals surface area contributed by atoms with Gasteiger partial charge in [-0.1, -0.05) is 0 Å². The topological polar surface area (TPSA) is 92.5 Å². The molecule has 2 aromatic heterocycles. The quantitative estimate of drug-likeness (QED) is 0.741. The lowest BCUT2D eigenvalue weighted by Crippen LogP contribution is -1.96. The Balaban J connectivity index is 2.00. The van der Waals surface area contributed by atoms with Crippen LogP contribution in [-0.4, -0.2) is 37.8 Å². The zero-order valence-electron chi connectivity index (χ0n) is 9.99. The van der Waals surface area contributed by atoms with Gasteiger partial charge in [-0.05, 0) is 24.3 Å². The SMILES string of the molecule is COc1ccc(-c2nc3nc(C(=O)O)cn3[nH]2)cc1. The first kappa shape index (κ1) is 11.3. The third-order valence-electron chi connectivity index (χ3n) is 2.71. The molecule has 2 N–H and O–H groups in total. The number of nitrogens with one attached hydrogen (secondary N) is 1. The van der Waals surface area contributed by atoms with Crippen molar-refractivity contribution in [3.8, 4) is 17.1 Å². The maximum atomic E-state index is 10.8. The van der Waals surface area contributed by atoms with Gasteiger partial charge in [0.1, 0.15) is 5.75 Å². The maximum absolute atomic E-state index is 10.8. The first-order valence-electron chi connectivity index (χ1n) is 5.50. The van der Waals surface area contributed by atoms with Crippen molar-refractivity contribution in [1.29, 1.82) is 0 Å². The predicted octanol–water partition coefficient (Wildman–Crippen LogP) is 1.43. The number of hydrogen-bond acceptors (Lipinski definition) is 4. The molecule has 0 spiro atoms. The number of carboxylic acids is 1. The number of ether oxygens (including phenoxy) is 1. The average molecular weight is 258 g/mol. The van der Waals surface area contributed by atoms with E-state index in [1.54, 1.807) is 7.11 Å². The van der Waals surface area contributed by atoms with E-state index in [0.29, 0.717) is 11.6 Å². The van der Waals surface area contributed by atoms with Crippen LogP contribution >= 0.6 is 0 Å². The Morgan fingerprint density at radius 1 is 1.32 bits per heavy atom. The molecule has 0 atom stereocenters. The zero-order chi connectivity index (χ0) is 13.4. The number of benzene rings is 1. The smallest absolute Gasteiger partial charge is 0.356 e. The van der Waals surface area contributed by atoms with Crippen molar-refractivity contribution in [1.82, 2.24) is 19.6 Å². The van der Waals surface area contributed by atoms with Gasteiger partial charge in [0, 0.05) is 5.56 Å². The molecule has 0 amide bonds. The Hall–Kier alpha value is -2.83. The summed E-state index contributed by atoms with van der Waals surface area (Å²) >= 11 is 0. The summed E-state index contributed by atoms with van der Waals surface area (Å²) in [6.07, 6.45) is 1.39. The van der Waals surface area contributed by atoms with Gasteiger partial charge in [0.15, 0.2) is 11.5 Å². The number of imidazole rings is 1. The lowest BCUT2D eigenvalue weighted by atomic mass is 10.2. The van der Waals surface area contributed by atoms with Crippen LogP contribution in [0.4, 0.5) is 0 Å². The lowest BCUT2D eigenvalue weighted by molar-refractivity contribution is 0.0691. The number of hydrogen-bond donors (Lipinski definition) is 2. The van der Waals surface area contributed by atoms with Crippen molar-refractivity contribution in [3.05, 3.63) is 36.2 Å². The Labute approximate surface area is 107 Å². The molecule has 0 saturated heterocycles. The lowest BCUT2D eigenvalue weighted by Gasteiger charge is -1.99. The van der Waals surface area contributed by atoms with Crippen LogP contribution in [0, 0.1) is 0 Å². The minimum absolute atomic E-state index is 0.0416. The van der Waals surface area contributed by atoms with Crippen LogP contribution < -0.4 is 4.74 Å². The Kier molecular flexibility index (Phi) is 2.45. The second-order valence-electron chi connectivity index (χ2n) is 3.90. The number of rotatable bonds is 3. The monoisotopic (exact) mass is 258 g/mol. The van der Waals surface area contributed by atoms with Gasteiger partial charge in [0.25, 0.3) is 5.78 Å². The van der Waals surface area contributed by atoms with Gasteiger partial charge < -0.3 is 9.84 Å². The summed E-state index contributed by atoms with van der Waals surface area (Å²) in [4.78, 5) is 18.9. The molecule has 0 aliphatic rings. The molecular weight excluding hydrogens is 248 g/mol. The van der Waals surface area contributed by atoms with E-state index in [0.717, 1.165) is 11.3 Å². The second kappa shape index (κ2) is 4.13. The molecular formula is C12H10N4O3. The molecule has 0 aliphatic heterocycles. The molecule has 0 unspecified atom stereocenters. The molecule has 19 heavy (non-hydrogen) atoms. The van der Waals surface area contributed by atoms with E-state index in [9.17, 15) is 4.79 Å². The van der Waals surface area contributed by atoms with E-state index in [-0.39, 0.29) is 5.69 Å². The highest BCUT2D eigenvalue weighted by Gasteiger charge is 2.12. The van der Waals surface area contributed by atoms with Crippen molar-refractivity contribution >= 4 is 11.7 Å². The summed E-state index contributed by atoms with van der Waals surface area (Å²) in [5, 5.41) is 11.8. The summed E-state index contributed by atoms with van der Waals surface area (Å²) in [5.41, 5.74) is 0.822. The van der Waals surface area contributed by atoms with E-state index in [1.807, 2.05) is 24.3 Å². The van der Waals surface area contributed by atoms with Crippen LogP contribution in [0.25, 0.3) is 17.2 Å². The van der Waals surface area contributed by atoms with Gasteiger partial charge in [-0.3, -0.25) is 5.10 Å². The van der Waals surface area contributed by atoms with Crippen LogP contribution in [0.1, 0.15) is 10.5 Å². The molecule has 0 bridgehead atoms. The van der Waals surface area contributed by atoms with Gasteiger partial charge in [-0.25, -0.2) is 14.3 Å². The molecule has 3 aromatic rings. The highest BCUT2D eigenvalue weighted by atomic mass is 16.5. The molecule has 7 nitrogen and oxygen atoms in total. The van der Waals surface area contributed by atoms with Crippen LogP contribution in [-0.2, 0) is 0 Å². The predicted molar refractivity (Wildman–Crippen MR) is 66.3 cm³/mol. The number of nitrogens with zero attached hydrogens (tertiary/aromatic N) is 3. The van der Waals surface area contributed by atoms with Crippen molar-refractivity contribution in [3.63, 3.8) is 0 Å². The molecule has 7 heteroatoms. The number of aromatic nitrogens is 4. The largest absolute Gasteiger partial charge is 0.497 e. The highest BCUT2D eigenvalue weighted by molar-refractivity contribution is 5.85. The summed E-state index contributed by atoms with van der Waals surface area (Å²) in [6.45, 7) is 0. The van der Waals surface area contributed by atoms with Gasteiger partial charge in [-0.15, -0.1) is 0 Å². The first-order chi connectivity index (χ1) is 9.17. The number of carboxylic acid groups (broad SMARTS) is 1. The van der Waals surface area contributed by atoms with E-state index < -0.39 is 5.97 Å². The van der Waals surface area contributed by atoms with Crippen molar-refractivity contribution < 1.29 is 14.6 Å². The fourth-order valence-corrected chi connectivity index (χ4v) is 1.75. The Bertz CT molecular complexity index is 711. The fraction of sp³-hybridized carbons (Fsp3) is 0.0833. The van der Waals surface area contributed by atoms with E-state index >= 15 is 0 Å². The average Bonchev–Trinajstić information content (AvgIpc) is 2.97. The molecule has 96 valence electrons. The van der Waals surface area contributed by atoms with Crippen molar-refractivity contribution in [2.24, 2.45) is 0 Å². The Morgan fingerprint density at radius 2 is 2.05 bits per heavy atom. The van der Waals surface area contributed by atoms with E-state index in [1.165, 1.54) is 10.7 Å². The fourth-order valence-electron chi connectivity index (χ4n) is 1.75. The van der Waals surface area contributed by atoms with Crippen LogP contribution in [0.5, 0.6) is 5.75 Å². The summed E-state index contributed by atoms with van der Waals surface area (Å²) in [5.74, 6) is 0.614. The summed E-state index contributed by atoms with van der Waals surface area (Å²) in [6, 6.07) is 7.36. The number of H-pyrrole nitrogens is 1. The van der Waals surface area contributed by atoms with E-state index in [2.05, 4.69) is 15.1 Å². The molecule has 0 saturated carbocycles. The third-order valence-corrected chi connectivity index (χ3v) is 2.71. The van der Waals surface area contributed by atoms with Gasteiger partial charge in [0.2, 0.25) is 0 Å². The standard InChI is InChI=1S/C12H10N4O3/c1-19-8-4-2-7(3-5-8)10-14-12-13-9(11(17)18)6-16(12)15-10/h2-6H,1H3,(H,17,18)(H,13,14,15). The second-order valence-corrected chi connectivity index (χ2v) is 3.90. The highest BCUT2D eigenvalue weighted by Crippen LogP contribution is 2.19. The first-order valence-corrected chi connectivity index (χ1v) is 5.50. The van der Waals surface area contributed by atoms with E-state index in [4.69, 9.17) is 9.84 Å². The number of methoxy groups -OCH3 is 1. The molecule has 1 aromatic carbocycles. The molecule has 3 rings (SSSR count). The normalized spacial score (nSPS) is 10.8. The molecule has 0 fully saturated rings. The van der Waals surface area contributed by atoms with Crippen LogP contribution in [0.3, 0.4) is 0 Å². The van der Waals surface area contributed by atoms with Gasteiger partial charge >= 0.3 is 5.97 Å². The van der Waals surface area contributed by atoms with Crippen molar-refractivity contribution in [2.75, 3.05) is 7.11 Å². The minimum atomic E-state index is -1.08. The summed E-state index contributed by atoms with van der Waals surface area (Å²) in [7, 11) is 1.60. The summed E-state index contributed by atoms with van der Waals surface area (Å²) < 4.78 is 6.55. The van der Waals surface area contributed by atoms with Gasteiger partial charge in [-0.2, -0.15) is 4.98 Å². The van der Waals surface area contributed by atoms with Crippen LogP contribution in [0.2, 0.25) is 0 Å².